The lowest BCUT2D eigenvalue weighted by molar-refractivity contribution is 0.347. The van der Waals surface area contributed by atoms with Crippen LogP contribution < -0.4 is 10.6 Å². The Hall–Kier alpha value is -0.340. The van der Waals surface area contributed by atoms with Gasteiger partial charge in [0.2, 0.25) is 0 Å². The summed E-state index contributed by atoms with van der Waals surface area (Å²) in [5.74, 6) is 0. The second kappa shape index (κ2) is 4.06. The van der Waals surface area contributed by atoms with E-state index in [9.17, 15) is 0 Å². The highest BCUT2D eigenvalue weighted by Gasteiger charge is 2.16. The van der Waals surface area contributed by atoms with E-state index in [0.29, 0.717) is 0 Å². The van der Waals surface area contributed by atoms with Crippen molar-refractivity contribution in [3.05, 3.63) is 11.6 Å². The molecule has 0 amide bonds. The lowest BCUT2D eigenvalue weighted by Crippen LogP contribution is -2.38. The van der Waals surface area contributed by atoms with E-state index in [1.54, 1.807) is 5.57 Å². The zero-order chi connectivity index (χ0) is 8.23. The lowest BCUT2D eigenvalue weighted by Gasteiger charge is -2.27. The molecule has 0 radical (unpaired) electrons. The average Bonchev–Trinajstić information content (AvgIpc) is 2.04. The van der Waals surface area contributed by atoms with Crippen LogP contribution in [0.4, 0.5) is 0 Å². The van der Waals surface area contributed by atoms with Crippen molar-refractivity contribution in [2.75, 3.05) is 19.6 Å². The molecule has 0 unspecified atom stereocenters. The molecule has 2 heteroatoms. The van der Waals surface area contributed by atoms with Crippen LogP contribution in [-0.2, 0) is 0 Å². The van der Waals surface area contributed by atoms with Crippen molar-refractivity contribution in [2.24, 2.45) is 0 Å². The molecule has 0 aromatic carbocycles. The number of hydrogen-bond acceptors (Lipinski definition) is 2. The van der Waals surface area contributed by atoms with Crippen LogP contribution in [0.25, 0.3) is 0 Å². The van der Waals surface area contributed by atoms with Gasteiger partial charge in [0, 0.05) is 19.1 Å². The quantitative estimate of drug-likeness (QED) is 0.612. The highest BCUT2D eigenvalue weighted by Crippen LogP contribution is 2.18. The maximum absolute atomic E-state index is 3.58. The van der Waals surface area contributed by atoms with Gasteiger partial charge in [-0.25, -0.2) is 0 Å². The standard InChI is InChI=1S/C10H18N2/c1-4-10(5-1)12-8-9-3-2-6-11-7-9/h3,10-12H,1-2,4-8H2. The van der Waals surface area contributed by atoms with Crippen molar-refractivity contribution >= 4 is 0 Å². The zero-order valence-corrected chi connectivity index (χ0v) is 7.60. The Labute approximate surface area is 74.4 Å². The molecule has 0 saturated heterocycles. The zero-order valence-electron chi connectivity index (χ0n) is 7.60. The normalized spacial score (nSPS) is 24.8. The fourth-order valence-electron chi connectivity index (χ4n) is 1.72. The van der Waals surface area contributed by atoms with Gasteiger partial charge in [0.25, 0.3) is 0 Å². The van der Waals surface area contributed by atoms with Gasteiger partial charge in [-0.1, -0.05) is 12.5 Å². The first kappa shape index (κ1) is 8.27. The second-order valence-corrected chi connectivity index (χ2v) is 3.84. The summed E-state index contributed by atoms with van der Waals surface area (Å²) in [4.78, 5) is 0. The fourth-order valence-corrected chi connectivity index (χ4v) is 1.72. The number of rotatable bonds is 3. The van der Waals surface area contributed by atoms with Gasteiger partial charge in [-0.15, -0.1) is 0 Å². The summed E-state index contributed by atoms with van der Waals surface area (Å²) in [5.41, 5.74) is 1.55. The molecule has 0 aromatic heterocycles. The van der Waals surface area contributed by atoms with Crippen molar-refractivity contribution in [1.29, 1.82) is 0 Å². The lowest BCUT2D eigenvalue weighted by atomic mass is 9.93. The topological polar surface area (TPSA) is 24.1 Å². The van der Waals surface area contributed by atoms with E-state index in [1.165, 1.54) is 25.7 Å². The van der Waals surface area contributed by atoms with Crippen molar-refractivity contribution in [3.8, 4) is 0 Å². The summed E-state index contributed by atoms with van der Waals surface area (Å²) in [5, 5.41) is 6.97. The van der Waals surface area contributed by atoms with Gasteiger partial charge in [0.1, 0.15) is 0 Å². The van der Waals surface area contributed by atoms with Crippen LogP contribution in [0.15, 0.2) is 11.6 Å². The molecule has 2 rings (SSSR count). The molecule has 1 heterocycles. The second-order valence-electron chi connectivity index (χ2n) is 3.84. The third-order valence-electron chi connectivity index (χ3n) is 2.83. The van der Waals surface area contributed by atoms with Crippen LogP contribution in [0.3, 0.4) is 0 Å². The molecular formula is C10H18N2. The van der Waals surface area contributed by atoms with E-state index in [2.05, 4.69) is 16.7 Å². The van der Waals surface area contributed by atoms with Crippen molar-refractivity contribution < 1.29 is 0 Å². The summed E-state index contributed by atoms with van der Waals surface area (Å²) in [6.45, 7) is 3.37. The summed E-state index contributed by atoms with van der Waals surface area (Å²) in [6, 6.07) is 0.827. The average molecular weight is 166 g/mol. The van der Waals surface area contributed by atoms with E-state index in [0.717, 1.165) is 25.7 Å². The molecule has 0 spiro atoms. The van der Waals surface area contributed by atoms with E-state index >= 15 is 0 Å². The number of nitrogens with one attached hydrogen (secondary N) is 2. The van der Waals surface area contributed by atoms with E-state index in [4.69, 9.17) is 0 Å². The summed E-state index contributed by atoms with van der Waals surface area (Å²) in [6.07, 6.45) is 7.79. The molecule has 68 valence electrons. The molecule has 1 aliphatic carbocycles. The molecule has 2 aliphatic rings. The monoisotopic (exact) mass is 166 g/mol. The van der Waals surface area contributed by atoms with E-state index in [-0.39, 0.29) is 0 Å². The smallest absolute Gasteiger partial charge is 0.0179 e. The first-order chi connectivity index (χ1) is 5.95. The third kappa shape index (κ3) is 2.08. The highest BCUT2D eigenvalue weighted by atomic mass is 14.9. The first-order valence-electron chi connectivity index (χ1n) is 5.07. The van der Waals surface area contributed by atoms with Gasteiger partial charge < -0.3 is 10.6 Å². The fraction of sp³-hybridized carbons (Fsp3) is 0.800. The maximum atomic E-state index is 3.58. The Morgan fingerprint density at radius 3 is 3.00 bits per heavy atom. The molecule has 2 nitrogen and oxygen atoms in total. The van der Waals surface area contributed by atoms with Gasteiger partial charge in [0.15, 0.2) is 0 Å². The SMILES string of the molecule is C1=C(CNC2CCC2)CNCC1. The molecule has 12 heavy (non-hydrogen) atoms. The third-order valence-corrected chi connectivity index (χ3v) is 2.83. The van der Waals surface area contributed by atoms with Crippen LogP contribution in [0.1, 0.15) is 25.7 Å². The summed E-state index contributed by atoms with van der Waals surface area (Å²) >= 11 is 0. The van der Waals surface area contributed by atoms with Crippen LogP contribution in [0, 0.1) is 0 Å². The molecule has 2 N–H and O–H groups in total. The molecule has 1 fully saturated rings. The Bertz CT molecular complexity index is 171. The predicted octanol–water partition coefficient (Wildman–Crippen LogP) is 1.05. The largest absolute Gasteiger partial charge is 0.313 e. The van der Waals surface area contributed by atoms with Crippen molar-refractivity contribution in [1.82, 2.24) is 10.6 Å². The van der Waals surface area contributed by atoms with Crippen molar-refractivity contribution in [3.63, 3.8) is 0 Å². The molecule has 0 aromatic rings. The molecular weight excluding hydrogens is 148 g/mol. The minimum Gasteiger partial charge on any atom is -0.313 e. The number of hydrogen-bond donors (Lipinski definition) is 2. The molecule has 0 atom stereocenters. The summed E-state index contributed by atoms with van der Waals surface area (Å²) < 4.78 is 0. The van der Waals surface area contributed by atoms with Gasteiger partial charge >= 0.3 is 0 Å². The van der Waals surface area contributed by atoms with Crippen molar-refractivity contribution in [2.45, 2.75) is 31.7 Å². The molecule has 1 aliphatic heterocycles. The van der Waals surface area contributed by atoms with Gasteiger partial charge in [0.05, 0.1) is 0 Å². The van der Waals surface area contributed by atoms with Gasteiger partial charge in [-0.05, 0) is 31.4 Å². The van der Waals surface area contributed by atoms with Gasteiger partial charge in [-0.3, -0.25) is 0 Å². The van der Waals surface area contributed by atoms with Crippen LogP contribution in [0.2, 0.25) is 0 Å². The highest BCUT2D eigenvalue weighted by molar-refractivity contribution is 5.09. The van der Waals surface area contributed by atoms with Crippen LogP contribution in [0.5, 0.6) is 0 Å². The van der Waals surface area contributed by atoms with Gasteiger partial charge in [-0.2, -0.15) is 0 Å². The van der Waals surface area contributed by atoms with E-state index < -0.39 is 0 Å². The first-order valence-corrected chi connectivity index (χ1v) is 5.07. The predicted molar refractivity (Wildman–Crippen MR) is 51.2 cm³/mol. The Morgan fingerprint density at radius 2 is 2.42 bits per heavy atom. The Kier molecular flexibility index (Phi) is 2.79. The Morgan fingerprint density at radius 1 is 1.50 bits per heavy atom. The van der Waals surface area contributed by atoms with Crippen LogP contribution in [-0.4, -0.2) is 25.7 Å². The molecule has 1 saturated carbocycles. The Balaban J connectivity index is 1.67. The maximum Gasteiger partial charge on any atom is 0.0179 e. The molecule has 0 bridgehead atoms. The minimum atomic E-state index is 0.827. The minimum absolute atomic E-state index is 0.827. The van der Waals surface area contributed by atoms with Crippen LogP contribution >= 0.6 is 0 Å². The summed E-state index contributed by atoms with van der Waals surface area (Å²) in [7, 11) is 0. The van der Waals surface area contributed by atoms with E-state index in [1.807, 2.05) is 0 Å².